The van der Waals surface area contributed by atoms with E-state index in [1.54, 1.807) is 30.3 Å². The number of rotatable bonds is 13. The minimum atomic E-state index is -4.68. The molecule has 0 radical (unpaired) electrons. The van der Waals surface area contributed by atoms with Gasteiger partial charge in [0.1, 0.15) is 0 Å². The van der Waals surface area contributed by atoms with Gasteiger partial charge in [0.2, 0.25) is 10.0 Å². The molecule has 1 atom stereocenters. The first-order valence-electron chi connectivity index (χ1n) is 8.48. The molecule has 1 aromatic rings. The third-order valence-corrected chi connectivity index (χ3v) is 5.65. The molecule has 0 bridgehead atoms. The smallest absolute Gasteiger partial charge is 0.303 e. The second-order valence-corrected chi connectivity index (χ2v) is 9.07. The molecule has 1 aromatic carbocycles. The molecule has 0 aromatic heterocycles. The molecular formula is C16H28NO6PS. The van der Waals surface area contributed by atoms with Crippen LogP contribution in [0.5, 0.6) is 0 Å². The molecule has 144 valence electrons. The molecule has 9 heteroatoms. The van der Waals surface area contributed by atoms with Gasteiger partial charge in [0.15, 0.2) is 0 Å². The first kappa shape index (κ1) is 22.3. The number of hydrogen-bond donors (Lipinski definition) is 3. The lowest BCUT2D eigenvalue weighted by Gasteiger charge is -2.19. The number of unbranched alkanes of at least 4 members (excludes halogenated alkanes) is 5. The van der Waals surface area contributed by atoms with Crippen LogP contribution in [-0.2, 0) is 19.1 Å². The van der Waals surface area contributed by atoms with Crippen molar-refractivity contribution in [2.45, 2.75) is 51.5 Å². The molecular weight excluding hydrogens is 365 g/mol. The maximum absolute atomic E-state index is 12.3. The quantitative estimate of drug-likeness (QED) is 0.351. The highest BCUT2D eigenvalue weighted by Crippen LogP contribution is 2.37. The fourth-order valence-electron chi connectivity index (χ4n) is 2.40. The summed E-state index contributed by atoms with van der Waals surface area (Å²) in [7, 11) is -8.25. The van der Waals surface area contributed by atoms with Crippen molar-refractivity contribution in [1.82, 2.24) is 4.72 Å². The van der Waals surface area contributed by atoms with Gasteiger partial charge in [-0.2, -0.15) is 0 Å². The molecule has 0 aliphatic rings. The summed E-state index contributed by atoms with van der Waals surface area (Å²) in [6.07, 6.45) is 5.80. The minimum absolute atomic E-state index is 0.0155. The van der Waals surface area contributed by atoms with E-state index < -0.39 is 30.5 Å². The molecule has 0 amide bonds. The molecule has 0 unspecified atom stereocenters. The molecule has 0 heterocycles. The number of nitrogens with one attached hydrogen (secondary N) is 1. The maximum Gasteiger partial charge on any atom is 0.469 e. The van der Waals surface area contributed by atoms with E-state index in [0.29, 0.717) is 12.0 Å². The summed E-state index contributed by atoms with van der Waals surface area (Å²) in [5.74, 6) is -0.0155. The monoisotopic (exact) mass is 393 g/mol. The van der Waals surface area contributed by atoms with E-state index in [1.807, 2.05) is 0 Å². The zero-order valence-corrected chi connectivity index (χ0v) is 16.2. The van der Waals surface area contributed by atoms with Crippen LogP contribution in [0.25, 0.3) is 0 Å². The van der Waals surface area contributed by atoms with Crippen LogP contribution in [0, 0.1) is 0 Å². The third-order valence-electron chi connectivity index (χ3n) is 3.70. The molecule has 0 aliphatic carbocycles. The van der Waals surface area contributed by atoms with Gasteiger partial charge in [-0.25, -0.2) is 17.7 Å². The zero-order chi connectivity index (χ0) is 18.8. The van der Waals surface area contributed by atoms with Crippen molar-refractivity contribution < 1.29 is 27.3 Å². The summed E-state index contributed by atoms with van der Waals surface area (Å²) in [6.45, 7) is 1.68. The van der Waals surface area contributed by atoms with Crippen molar-refractivity contribution >= 4 is 17.8 Å². The average molecular weight is 393 g/mol. The summed E-state index contributed by atoms with van der Waals surface area (Å²) < 4.78 is 42.4. The molecule has 0 saturated carbocycles. The van der Waals surface area contributed by atoms with Crippen molar-refractivity contribution in [3.63, 3.8) is 0 Å². The molecule has 3 N–H and O–H groups in total. The largest absolute Gasteiger partial charge is 0.469 e. The Morgan fingerprint density at radius 1 is 1.08 bits per heavy atom. The highest BCUT2D eigenvalue weighted by molar-refractivity contribution is 7.89. The molecule has 1 rings (SSSR count). The van der Waals surface area contributed by atoms with Crippen molar-refractivity contribution in [3.8, 4) is 0 Å². The van der Waals surface area contributed by atoms with E-state index in [2.05, 4.69) is 16.2 Å². The van der Waals surface area contributed by atoms with Crippen LogP contribution in [0.3, 0.4) is 0 Å². The molecule has 0 aliphatic heterocycles. The van der Waals surface area contributed by atoms with Gasteiger partial charge in [-0.05, 0) is 12.0 Å². The van der Waals surface area contributed by atoms with Crippen molar-refractivity contribution in [2.24, 2.45) is 0 Å². The Bertz CT molecular complexity index is 631. The number of benzene rings is 1. The van der Waals surface area contributed by atoms with Gasteiger partial charge >= 0.3 is 7.82 Å². The molecule has 0 spiro atoms. The SMILES string of the molecule is CCCCCCCCS(=O)(=O)N[C@H](COP(=O)(O)O)c1ccccc1. The van der Waals surface area contributed by atoms with Crippen molar-refractivity contribution in [1.29, 1.82) is 0 Å². The molecule has 25 heavy (non-hydrogen) atoms. The highest BCUT2D eigenvalue weighted by atomic mass is 32.2. The normalized spacial score (nSPS) is 13.7. The van der Waals surface area contributed by atoms with E-state index in [9.17, 15) is 13.0 Å². The van der Waals surface area contributed by atoms with Gasteiger partial charge in [-0.15, -0.1) is 0 Å². The fourth-order valence-corrected chi connectivity index (χ4v) is 4.09. The Morgan fingerprint density at radius 3 is 2.28 bits per heavy atom. The Labute approximate surface area is 150 Å². The summed E-state index contributed by atoms with van der Waals surface area (Å²) >= 11 is 0. The number of sulfonamides is 1. The van der Waals surface area contributed by atoms with Crippen molar-refractivity contribution in [3.05, 3.63) is 35.9 Å². The lowest BCUT2D eigenvalue weighted by Crippen LogP contribution is -2.33. The Morgan fingerprint density at radius 2 is 1.68 bits per heavy atom. The first-order chi connectivity index (χ1) is 11.7. The second-order valence-electron chi connectivity index (χ2n) is 5.95. The summed E-state index contributed by atoms with van der Waals surface area (Å²) in [5, 5.41) is 0. The lowest BCUT2D eigenvalue weighted by atomic mass is 10.1. The number of hydrogen-bond acceptors (Lipinski definition) is 4. The van der Waals surface area contributed by atoms with Crippen LogP contribution < -0.4 is 4.72 Å². The van der Waals surface area contributed by atoms with E-state index in [1.165, 1.54) is 0 Å². The minimum Gasteiger partial charge on any atom is -0.303 e. The van der Waals surface area contributed by atoms with Gasteiger partial charge in [0.25, 0.3) is 0 Å². The predicted molar refractivity (Wildman–Crippen MR) is 97.5 cm³/mol. The van der Waals surface area contributed by atoms with Gasteiger partial charge in [-0.3, -0.25) is 4.52 Å². The van der Waals surface area contributed by atoms with Gasteiger partial charge in [0, 0.05) is 0 Å². The molecule has 0 fully saturated rings. The standard InChI is InChI=1S/C16H28NO6PS/c1-2-3-4-5-6-10-13-25(21,22)17-16(14-23-24(18,19)20)15-11-8-7-9-12-15/h7-9,11-12,16-17H,2-6,10,13-14H2,1H3,(H2,18,19,20)/t16-/m1/s1. The van der Waals surface area contributed by atoms with E-state index in [0.717, 1.165) is 32.1 Å². The van der Waals surface area contributed by atoms with Crippen LogP contribution in [0.15, 0.2) is 30.3 Å². The van der Waals surface area contributed by atoms with Gasteiger partial charge in [0.05, 0.1) is 18.4 Å². The fraction of sp³-hybridized carbons (Fsp3) is 0.625. The summed E-state index contributed by atoms with van der Waals surface area (Å²) in [4.78, 5) is 17.7. The zero-order valence-electron chi connectivity index (χ0n) is 14.5. The van der Waals surface area contributed by atoms with Crippen LogP contribution in [0.4, 0.5) is 0 Å². The number of phosphoric ester groups is 1. The van der Waals surface area contributed by atoms with Crippen LogP contribution in [0.2, 0.25) is 0 Å². The van der Waals surface area contributed by atoms with Crippen molar-refractivity contribution in [2.75, 3.05) is 12.4 Å². The van der Waals surface area contributed by atoms with E-state index in [4.69, 9.17) is 9.79 Å². The van der Waals surface area contributed by atoms with E-state index in [-0.39, 0.29) is 5.75 Å². The lowest BCUT2D eigenvalue weighted by molar-refractivity contribution is 0.183. The average Bonchev–Trinajstić information content (AvgIpc) is 2.54. The molecule has 7 nitrogen and oxygen atoms in total. The summed E-state index contributed by atoms with van der Waals surface area (Å²) in [6, 6.07) is 7.74. The Kier molecular flexibility index (Phi) is 9.86. The summed E-state index contributed by atoms with van der Waals surface area (Å²) in [5.41, 5.74) is 0.586. The highest BCUT2D eigenvalue weighted by Gasteiger charge is 2.23. The van der Waals surface area contributed by atoms with Crippen LogP contribution >= 0.6 is 7.82 Å². The second kappa shape index (κ2) is 11.1. The first-order valence-corrected chi connectivity index (χ1v) is 11.7. The number of phosphoric acid groups is 1. The van der Waals surface area contributed by atoms with Gasteiger partial charge in [-0.1, -0.05) is 69.4 Å². The topological polar surface area (TPSA) is 113 Å². The molecule has 0 saturated heterocycles. The maximum atomic E-state index is 12.3. The van der Waals surface area contributed by atoms with Crippen LogP contribution in [0.1, 0.15) is 57.1 Å². The third kappa shape index (κ3) is 10.7. The predicted octanol–water partition coefficient (Wildman–Crippen LogP) is 3.12. The van der Waals surface area contributed by atoms with E-state index >= 15 is 0 Å². The Hall–Kier alpha value is -0.760. The van der Waals surface area contributed by atoms with Crippen LogP contribution in [-0.4, -0.2) is 30.6 Å². The Balaban J connectivity index is 2.61. The van der Waals surface area contributed by atoms with Gasteiger partial charge < -0.3 is 9.79 Å².